The fourth-order valence-corrected chi connectivity index (χ4v) is 10.9. The van der Waals surface area contributed by atoms with Gasteiger partial charge in [0.05, 0.1) is 24.0 Å². The number of amides is 2. The largest absolute Gasteiger partial charge is 0.497 e. The Kier molecular flexibility index (Phi) is 7.90. The van der Waals surface area contributed by atoms with Gasteiger partial charge in [-0.2, -0.15) is 0 Å². The predicted molar refractivity (Wildman–Crippen MR) is 187 cm³/mol. The highest BCUT2D eigenvalue weighted by Gasteiger charge is 2.65. The van der Waals surface area contributed by atoms with Crippen LogP contribution in [0.4, 0.5) is 0 Å². The molecule has 2 bridgehead atoms. The number of piperidine rings is 1. The first-order valence-corrected chi connectivity index (χ1v) is 19.7. The summed E-state index contributed by atoms with van der Waals surface area (Å²) in [5.74, 6) is 0.810. The highest BCUT2D eigenvalue weighted by Crippen LogP contribution is 2.66. The molecule has 5 aliphatic rings. The molecular weight excluding hydrogens is 625 g/mol. The summed E-state index contributed by atoms with van der Waals surface area (Å²) in [5, 5.41) is 1.10. The minimum atomic E-state index is -3.73. The Morgan fingerprint density at radius 1 is 0.979 bits per heavy atom. The zero-order valence-electron chi connectivity index (χ0n) is 28.5. The lowest BCUT2D eigenvalue weighted by Crippen LogP contribution is -2.63. The van der Waals surface area contributed by atoms with Crippen LogP contribution in [0.2, 0.25) is 0 Å². The third kappa shape index (κ3) is 5.16. The quantitative estimate of drug-likeness (QED) is 0.330. The summed E-state index contributed by atoms with van der Waals surface area (Å²) in [6.07, 6.45) is 10.3. The topological polar surface area (TPSA) is 101 Å². The SMILES string of the molecule is CCCS(=O)(=O)NC(=O)c1ccc2c(C3CCCCC3)c3n(c2c1)CC1(C(=O)N2C4CCCC2CN(C)C4)CC1c1cc(OC)ccc1-3. The van der Waals surface area contributed by atoms with Gasteiger partial charge in [-0.05, 0) is 99.4 Å². The molecule has 4 fully saturated rings. The maximum Gasteiger partial charge on any atom is 0.264 e. The molecule has 3 aliphatic heterocycles. The minimum absolute atomic E-state index is 0.0790. The Bertz CT molecular complexity index is 1880. The van der Waals surface area contributed by atoms with Gasteiger partial charge in [0.25, 0.3) is 5.91 Å². The minimum Gasteiger partial charge on any atom is -0.497 e. The molecule has 2 saturated carbocycles. The van der Waals surface area contributed by atoms with Gasteiger partial charge in [0.1, 0.15) is 5.75 Å². The van der Waals surface area contributed by atoms with Crippen LogP contribution in [0.5, 0.6) is 5.75 Å². The number of carbonyl (C=O) groups excluding carboxylic acids is 2. The monoisotopic (exact) mass is 672 g/mol. The van der Waals surface area contributed by atoms with Crippen molar-refractivity contribution in [3.8, 4) is 17.0 Å². The van der Waals surface area contributed by atoms with Gasteiger partial charge in [-0.1, -0.05) is 32.3 Å². The van der Waals surface area contributed by atoms with Gasteiger partial charge < -0.3 is 19.1 Å². The number of ether oxygens (including phenoxy) is 1. The molecule has 8 rings (SSSR count). The lowest BCUT2D eigenvalue weighted by atomic mass is 9.81. The third-order valence-electron chi connectivity index (χ3n) is 12.1. The molecule has 4 atom stereocenters. The Morgan fingerprint density at radius 2 is 1.73 bits per heavy atom. The van der Waals surface area contributed by atoms with Crippen molar-refractivity contribution in [3.63, 3.8) is 0 Å². The number of piperazine rings is 1. The maximum absolute atomic E-state index is 15.1. The van der Waals surface area contributed by atoms with Gasteiger partial charge in [0, 0.05) is 59.7 Å². The predicted octanol–water partition coefficient (Wildman–Crippen LogP) is 6.02. The number of hydrogen-bond acceptors (Lipinski definition) is 6. The van der Waals surface area contributed by atoms with Crippen molar-refractivity contribution in [3.05, 3.63) is 53.1 Å². The summed E-state index contributed by atoms with van der Waals surface area (Å²) >= 11 is 0. The van der Waals surface area contributed by atoms with Gasteiger partial charge in [-0.15, -0.1) is 0 Å². The fraction of sp³-hybridized carbons (Fsp3) is 0.579. The molecule has 2 amide bonds. The number of likely N-dealkylation sites (N-methyl/N-ethyl adjacent to an activating group) is 1. The number of nitrogens with one attached hydrogen (secondary N) is 1. The lowest BCUT2D eigenvalue weighted by Gasteiger charge is -2.50. The third-order valence-corrected chi connectivity index (χ3v) is 13.5. The molecule has 2 aliphatic carbocycles. The second-order valence-electron chi connectivity index (χ2n) is 15.2. The van der Waals surface area contributed by atoms with Crippen LogP contribution in [-0.2, 0) is 21.4 Å². The molecule has 48 heavy (non-hydrogen) atoms. The number of methoxy groups -OCH3 is 1. The van der Waals surface area contributed by atoms with Gasteiger partial charge in [0.2, 0.25) is 15.9 Å². The molecule has 3 aromatic rings. The number of rotatable bonds is 7. The molecule has 1 aromatic heterocycles. The number of carbonyl (C=O) groups is 2. The zero-order chi connectivity index (χ0) is 33.4. The van der Waals surface area contributed by atoms with Crippen molar-refractivity contribution in [2.24, 2.45) is 5.41 Å². The van der Waals surface area contributed by atoms with Crippen molar-refractivity contribution < 1.29 is 22.7 Å². The van der Waals surface area contributed by atoms with Crippen LogP contribution >= 0.6 is 0 Å². The van der Waals surface area contributed by atoms with Gasteiger partial charge >= 0.3 is 0 Å². The van der Waals surface area contributed by atoms with Gasteiger partial charge in [-0.3, -0.25) is 9.59 Å². The second kappa shape index (κ2) is 11.9. The van der Waals surface area contributed by atoms with E-state index in [9.17, 15) is 13.2 Å². The van der Waals surface area contributed by atoms with Crippen LogP contribution in [0.1, 0.15) is 104 Å². The van der Waals surface area contributed by atoms with Gasteiger partial charge in [-0.25, -0.2) is 13.1 Å². The Balaban J connectivity index is 1.31. The van der Waals surface area contributed by atoms with Crippen molar-refractivity contribution >= 4 is 32.7 Å². The van der Waals surface area contributed by atoms with Crippen LogP contribution < -0.4 is 9.46 Å². The molecule has 10 heteroatoms. The van der Waals surface area contributed by atoms with Gasteiger partial charge in [0.15, 0.2) is 0 Å². The summed E-state index contributed by atoms with van der Waals surface area (Å²) in [5.41, 5.74) is 5.44. The van der Waals surface area contributed by atoms with E-state index >= 15 is 4.79 Å². The summed E-state index contributed by atoms with van der Waals surface area (Å²) in [6, 6.07) is 12.5. The fourth-order valence-electron chi connectivity index (χ4n) is 9.85. The van der Waals surface area contributed by atoms with Crippen molar-refractivity contribution in [2.45, 2.75) is 102 Å². The summed E-state index contributed by atoms with van der Waals surface area (Å²) in [7, 11) is 0.141. The number of likely N-dealkylation sites (tertiary alicyclic amines) is 1. The molecule has 1 N–H and O–H groups in total. The molecular formula is C38H48N4O5S. The standard InChI is InChI=1S/C38H48N4O5S/c1-4-17-48(45,46)39-36(43)25-13-15-30-33(18-25)41-23-38(37(44)42-26-11-8-12-27(42)22-40(2)21-26)20-32(38)31-19-28(47-3)14-16-29(31)35(41)34(30)24-9-6-5-7-10-24/h13-16,18-19,24,26-27,32H,4-12,17,20-23H2,1-3H3,(H,39,43). The zero-order valence-corrected chi connectivity index (χ0v) is 29.3. The average Bonchev–Trinajstić information content (AvgIpc) is 3.73. The van der Waals surface area contributed by atoms with E-state index in [4.69, 9.17) is 4.74 Å². The van der Waals surface area contributed by atoms with E-state index in [1.54, 1.807) is 20.1 Å². The summed E-state index contributed by atoms with van der Waals surface area (Å²) in [4.78, 5) is 33.2. The average molecular weight is 673 g/mol. The number of benzene rings is 2. The van der Waals surface area contributed by atoms with E-state index < -0.39 is 21.3 Å². The second-order valence-corrected chi connectivity index (χ2v) is 17.0. The van der Waals surface area contributed by atoms with Crippen molar-refractivity contribution in [1.82, 2.24) is 19.1 Å². The highest BCUT2D eigenvalue weighted by atomic mass is 32.2. The Labute approximate surface area is 284 Å². The number of aromatic nitrogens is 1. The van der Waals surface area contributed by atoms with E-state index in [2.05, 4.69) is 38.3 Å². The number of fused-ring (bicyclic) bond motifs is 9. The summed E-state index contributed by atoms with van der Waals surface area (Å²) < 4.78 is 35.6. The van der Waals surface area contributed by atoms with E-state index in [0.29, 0.717) is 24.4 Å². The van der Waals surface area contributed by atoms with E-state index in [1.807, 2.05) is 18.2 Å². The van der Waals surface area contributed by atoms with Crippen LogP contribution in [0.15, 0.2) is 36.4 Å². The molecule has 2 aromatic carbocycles. The lowest BCUT2D eigenvalue weighted by molar-refractivity contribution is -0.149. The highest BCUT2D eigenvalue weighted by molar-refractivity contribution is 7.90. The van der Waals surface area contributed by atoms with E-state index in [0.717, 1.165) is 73.1 Å². The molecule has 0 radical (unpaired) electrons. The number of nitrogens with zero attached hydrogens (tertiary/aromatic N) is 3. The normalized spacial score (nSPS) is 27.1. The molecule has 0 spiro atoms. The first-order chi connectivity index (χ1) is 23.1. The van der Waals surface area contributed by atoms with Crippen LogP contribution in [0.25, 0.3) is 22.2 Å². The summed E-state index contributed by atoms with van der Waals surface area (Å²) in [6.45, 7) is 4.15. The first-order valence-electron chi connectivity index (χ1n) is 18.0. The number of hydrogen-bond donors (Lipinski definition) is 1. The molecule has 2 saturated heterocycles. The van der Waals surface area contributed by atoms with E-state index in [-0.39, 0.29) is 29.7 Å². The Morgan fingerprint density at radius 3 is 2.44 bits per heavy atom. The van der Waals surface area contributed by atoms with Crippen LogP contribution in [0.3, 0.4) is 0 Å². The van der Waals surface area contributed by atoms with E-state index in [1.165, 1.54) is 36.8 Å². The molecule has 256 valence electrons. The van der Waals surface area contributed by atoms with Crippen molar-refractivity contribution in [1.29, 1.82) is 0 Å². The first kappa shape index (κ1) is 31.9. The molecule has 4 heterocycles. The van der Waals surface area contributed by atoms with Crippen LogP contribution in [0, 0.1) is 5.41 Å². The molecule has 4 unspecified atom stereocenters. The maximum atomic E-state index is 15.1. The Hall–Kier alpha value is -3.37. The van der Waals surface area contributed by atoms with Crippen LogP contribution in [-0.4, -0.2) is 79.7 Å². The smallest absolute Gasteiger partial charge is 0.264 e. The van der Waals surface area contributed by atoms with Crippen molar-refractivity contribution in [2.75, 3.05) is 33.0 Å². The number of sulfonamides is 1. The molecule has 9 nitrogen and oxygen atoms in total.